The SMILES string of the molecule is CCC/C=C\C1=CNc2nccnc2S1. The molecule has 0 unspecified atom stereocenters. The summed E-state index contributed by atoms with van der Waals surface area (Å²) in [6.07, 6.45) is 12.0. The van der Waals surface area contributed by atoms with E-state index in [0.717, 1.165) is 17.3 Å². The van der Waals surface area contributed by atoms with Crippen molar-refractivity contribution in [1.29, 1.82) is 0 Å². The summed E-state index contributed by atoms with van der Waals surface area (Å²) in [5.74, 6) is 0.843. The molecule has 0 atom stereocenters. The Kier molecular flexibility index (Phi) is 3.40. The van der Waals surface area contributed by atoms with Crippen LogP contribution in [0.1, 0.15) is 19.8 Å². The van der Waals surface area contributed by atoms with Crippen molar-refractivity contribution in [1.82, 2.24) is 9.97 Å². The van der Waals surface area contributed by atoms with Crippen LogP contribution in [0.2, 0.25) is 0 Å². The van der Waals surface area contributed by atoms with Crippen LogP contribution in [0.5, 0.6) is 0 Å². The van der Waals surface area contributed by atoms with E-state index >= 15 is 0 Å². The van der Waals surface area contributed by atoms with Crippen LogP contribution in [-0.2, 0) is 0 Å². The monoisotopic (exact) mass is 219 g/mol. The highest BCUT2D eigenvalue weighted by Gasteiger charge is 2.11. The van der Waals surface area contributed by atoms with Gasteiger partial charge in [0, 0.05) is 23.5 Å². The first-order valence-corrected chi connectivity index (χ1v) is 5.84. The van der Waals surface area contributed by atoms with E-state index in [1.165, 1.54) is 11.3 Å². The largest absolute Gasteiger partial charge is 0.343 e. The molecule has 1 N–H and O–H groups in total. The molecule has 1 aliphatic heterocycles. The molecule has 0 saturated carbocycles. The summed E-state index contributed by atoms with van der Waals surface area (Å²) in [7, 11) is 0. The number of allylic oxidation sites excluding steroid dienone is 2. The van der Waals surface area contributed by atoms with Gasteiger partial charge in [-0.25, -0.2) is 9.97 Å². The third kappa shape index (κ3) is 2.59. The second-order valence-electron chi connectivity index (χ2n) is 3.19. The van der Waals surface area contributed by atoms with Gasteiger partial charge < -0.3 is 5.32 Å². The lowest BCUT2D eigenvalue weighted by molar-refractivity contribution is 0.958. The topological polar surface area (TPSA) is 37.8 Å². The lowest BCUT2D eigenvalue weighted by atomic mass is 10.3. The maximum Gasteiger partial charge on any atom is 0.163 e. The molecule has 0 saturated heterocycles. The summed E-state index contributed by atoms with van der Waals surface area (Å²) >= 11 is 1.65. The lowest BCUT2D eigenvalue weighted by Gasteiger charge is -2.12. The minimum atomic E-state index is 0.843. The molecule has 15 heavy (non-hydrogen) atoms. The van der Waals surface area contributed by atoms with Crippen molar-refractivity contribution < 1.29 is 0 Å². The number of nitrogens with zero attached hydrogens (tertiary/aromatic N) is 2. The van der Waals surface area contributed by atoms with Crippen LogP contribution in [0.15, 0.2) is 40.7 Å². The van der Waals surface area contributed by atoms with Gasteiger partial charge in [-0.3, -0.25) is 0 Å². The number of unbranched alkanes of at least 4 members (excludes halogenated alkanes) is 1. The predicted octanol–water partition coefficient (Wildman–Crippen LogP) is 3.19. The number of aromatic nitrogens is 2. The van der Waals surface area contributed by atoms with Gasteiger partial charge in [0.05, 0.1) is 0 Å². The van der Waals surface area contributed by atoms with Crippen molar-refractivity contribution >= 4 is 17.6 Å². The fourth-order valence-corrected chi connectivity index (χ4v) is 2.06. The highest BCUT2D eigenvalue weighted by Crippen LogP contribution is 2.33. The van der Waals surface area contributed by atoms with Crippen LogP contribution in [0.25, 0.3) is 0 Å². The van der Waals surface area contributed by atoms with Gasteiger partial charge in [-0.15, -0.1) is 0 Å². The Hall–Kier alpha value is -1.29. The summed E-state index contributed by atoms with van der Waals surface area (Å²) in [6, 6.07) is 0. The summed E-state index contributed by atoms with van der Waals surface area (Å²) in [6.45, 7) is 2.17. The van der Waals surface area contributed by atoms with Gasteiger partial charge in [-0.2, -0.15) is 0 Å². The van der Waals surface area contributed by atoms with Crippen LogP contribution in [0.4, 0.5) is 5.82 Å². The van der Waals surface area contributed by atoms with Crippen LogP contribution in [-0.4, -0.2) is 9.97 Å². The molecule has 0 radical (unpaired) electrons. The van der Waals surface area contributed by atoms with Crippen LogP contribution in [0.3, 0.4) is 0 Å². The summed E-state index contributed by atoms with van der Waals surface area (Å²) < 4.78 is 0. The summed E-state index contributed by atoms with van der Waals surface area (Å²) in [5.41, 5.74) is 0. The van der Waals surface area contributed by atoms with Crippen molar-refractivity contribution in [2.24, 2.45) is 0 Å². The Balaban J connectivity index is 2.06. The van der Waals surface area contributed by atoms with Gasteiger partial charge in [-0.1, -0.05) is 37.3 Å². The first-order valence-electron chi connectivity index (χ1n) is 5.02. The van der Waals surface area contributed by atoms with E-state index < -0.39 is 0 Å². The average molecular weight is 219 g/mol. The molecule has 3 nitrogen and oxygen atoms in total. The molecule has 0 fully saturated rings. The average Bonchev–Trinajstić information content (AvgIpc) is 2.29. The standard InChI is InChI=1S/C11H13N3S/c1-2-3-4-5-9-8-14-10-11(15-9)13-7-6-12-10/h4-8H,2-3H2,1H3,(H,12,14)/b5-4-. The van der Waals surface area contributed by atoms with Crippen LogP contribution in [0, 0.1) is 0 Å². The molecule has 0 aliphatic carbocycles. The zero-order valence-electron chi connectivity index (χ0n) is 8.60. The normalized spacial score (nSPS) is 14.6. The van der Waals surface area contributed by atoms with Crippen LogP contribution < -0.4 is 5.32 Å². The minimum Gasteiger partial charge on any atom is -0.343 e. The minimum absolute atomic E-state index is 0.843. The molecule has 4 heteroatoms. The second kappa shape index (κ2) is 4.98. The molecule has 0 bridgehead atoms. The maximum absolute atomic E-state index is 4.26. The number of nitrogens with one attached hydrogen (secondary N) is 1. The quantitative estimate of drug-likeness (QED) is 0.847. The van der Waals surface area contributed by atoms with Gasteiger partial charge in [0.15, 0.2) is 5.82 Å². The zero-order chi connectivity index (χ0) is 10.5. The van der Waals surface area contributed by atoms with E-state index in [2.05, 4.69) is 34.4 Å². The number of thioether (sulfide) groups is 1. The highest BCUT2D eigenvalue weighted by molar-refractivity contribution is 8.03. The molecule has 0 aromatic carbocycles. The number of fused-ring (bicyclic) bond motifs is 1. The van der Waals surface area contributed by atoms with Crippen molar-refractivity contribution in [3.05, 3.63) is 35.7 Å². The maximum atomic E-state index is 4.26. The van der Waals surface area contributed by atoms with Gasteiger partial charge in [0.1, 0.15) is 5.03 Å². The fourth-order valence-electron chi connectivity index (χ4n) is 1.23. The number of hydrogen-bond acceptors (Lipinski definition) is 4. The number of anilines is 1. The molecule has 78 valence electrons. The molecule has 1 aromatic rings. The zero-order valence-corrected chi connectivity index (χ0v) is 9.42. The summed E-state index contributed by atoms with van der Waals surface area (Å²) in [4.78, 5) is 9.63. The van der Waals surface area contributed by atoms with Gasteiger partial charge in [-0.05, 0) is 6.42 Å². The van der Waals surface area contributed by atoms with Crippen LogP contribution >= 0.6 is 11.8 Å². The van der Waals surface area contributed by atoms with E-state index in [1.807, 2.05) is 6.20 Å². The molecule has 1 aromatic heterocycles. The highest BCUT2D eigenvalue weighted by atomic mass is 32.2. The molecular weight excluding hydrogens is 206 g/mol. The second-order valence-corrected chi connectivity index (χ2v) is 4.26. The fraction of sp³-hybridized carbons (Fsp3) is 0.273. The third-order valence-electron chi connectivity index (χ3n) is 1.97. The van der Waals surface area contributed by atoms with Gasteiger partial charge in [0.25, 0.3) is 0 Å². The van der Waals surface area contributed by atoms with E-state index in [1.54, 1.807) is 24.2 Å². The van der Waals surface area contributed by atoms with Gasteiger partial charge >= 0.3 is 0 Å². The Morgan fingerprint density at radius 2 is 2.27 bits per heavy atom. The Bertz CT molecular complexity index is 399. The smallest absolute Gasteiger partial charge is 0.163 e. The molecule has 2 heterocycles. The third-order valence-corrected chi connectivity index (χ3v) is 2.95. The first kappa shape index (κ1) is 10.2. The van der Waals surface area contributed by atoms with Crippen molar-refractivity contribution in [3.8, 4) is 0 Å². The molecule has 1 aliphatic rings. The Labute approximate surface area is 93.7 Å². The summed E-state index contributed by atoms with van der Waals surface area (Å²) in [5, 5.41) is 4.07. The van der Waals surface area contributed by atoms with E-state index in [9.17, 15) is 0 Å². The number of hydrogen-bond donors (Lipinski definition) is 1. The van der Waals surface area contributed by atoms with E-state index in [0.29, 0.717) is 0 Å². The van der Waals surface area contributed by atoms with Crippen molar-refractivity contribution in [2.75, 3.05) is 5.32 Å². The van der Waals surface area contributed by atoms with Crippen molar-refractivity contribution in [2.45, 2.75) is 24.8 Å². The molecule has 2 rings (SSSR count). The van der Waals surface area contributed by atoms with E-state index in [-0.39, 0.29) is 0 Å². The molecular formula is C11H13N3S. The first-order chi connectivity index (χ1) is 7.40. The number of rotatable bonds is 3. The molecule has 0 spiro atoms. The Morgan fingerprint density at radius 1 is 1.40 bits per heavy atom. The molecule has 0 amide bonds. The predicted molar refractivity (Wildman–Crippen MR) is 63.6 cm³/mol. The lowest BCUT2D eigenvalue weighted by Crippen LogP contribution is -2.01. The van der Waals surface area contributed by atoms with Gasteiger partial charge in [0.2, 0.25) is 0 Å². The van der Waals surface area contributed by atoms with E-state index in [4.69, 9.17) is 0 Å². The Morgan fingerprint density at radius 3 is 3.13 bits per heavy atom. The van der Waals surface area contributed by atoms with Crippen molar-refractivity contribution in [3.63, 3.8) is 0 Å².